The second kappa shape index (κ2) is 7.16. The van der Waals surface area contributed by atoms with Gasteiger partial charge in [-0.1, -0.05) is 0 Å². The predicted octanol–water partition coefficient (Wildman–Crippen LogP) is 4.20. The van der Waals surface area contributed by atoms with E-state index < -0.39 is 0 Å². The van der Waals surface area contributed by atoms with Crippen LogP contribution in [-0.4, -0.2) is 27.9 Å². The van der Waals surface area contributed by atoms with Crippen LogP contribution < -0.4 is 0 Å². The highest BCUT2D eigenvalue weighted by Crippen LogP contribution is 2.27. The van der Waals surface area contributed by atoms with E-state index >= 15 is 0 Å². The number of rotatable bonds is 6. The van der Waals surface area contributed by atoms with Crippen molar-refractivity contribution in [3.63, 3.8) is 0 Å². The molecule has 0 spiro atoms. The minimum absolute atomic E-state index is 0.163. The van der Waals surface area contributed by atoms with E-state index in [1.165, 1.54) is 18.6 Å². The predicted molar refractivity (Wildman–Crippen MR) is 89.8 cm³/mol. The number of oxazole rings is 1. The molecule has 0 N–H and O–H groups in total. The van der Waals surface area contributed by atoms with Gasteiger partial charge >= 0.3 is 0 Å². The second-order valence-corrected chi connectivity index (χ2v) is 6.60. The Balaban J connectivity index is 1.60. The molecule has 0 saturated heterocycles. The van der Waals surface area contributed by atoms with Gasteiger partial charge in [-0.2, -0.15) is 0 Å². The average Bonchev–Trinajstić information content (AvgIpc) is 2.97. The molecule has 3 rings (SSSR count). The highest BCUT2D eigenvalue weighted by Gasteiger charge is 2.30. The standard InChI is InChI=1S/C19H23FN2O2/c1-13(2)22(16-4-3-5-16)19(23)11-10-18-21-12-17(24-18)14-6-8-15(20)9-7-14/h6-9,12-13,16H,3-5,10-11H2,1-2H3. The molecule has 4 nitrogen and oxygen atoms in total. The summed E-state index contributed by atoms with van der Waals surface area (Å²) in [6.45, 7) is 4.13. The first-order valence-electron chi connectivity index (χ1n) is 8.56. The van der Waals surface area contributed by atoms with Crippen molar-refractivity contribution in [3.8, 4) is 11.3 Å². The molecule has 0 atom stereocenters. The first kappa shape index (κ1) is 16.7. The number of amides is 1. The zero-order valence-electron chi connectivity index (χ0n) is 14.2. The van der Waals surface area contributed by atoms with Crippen molar-refractivity contribution in [3.05, 3.63) is 42.2 Å². The number of aryl methyl sites for hydroxylation is 1. The van der Waals surface area contributed by atoms with Crippen LogP contribution in [0.2, 0.25) is 0 Å². The van der Waals surface area contributed by atoms with E-state index in [9.17, 15) is 9.18 Å². The maximum Gasteiger partial charge on any atom is 0.223 e. The molecule has 128 valence electrons. The Bertz CT molecular complexity index is 690. The van der Waals surface area contributed by atoms with Gasteiger partial charge in [0.2, 0.25) is 5.91 Å². The molecule has 1 heterocycles. The molecule has 1 aromatic heterocycles. The summed E-state index contributed by atoms with van der Waals surface area (Å²) in [5.74, 6) is 1.02. The lowest BCUT2D eigenvalue weighted by atomic mass is 9.90. The van der Waals surface area contributed by atoms with Gasteiger partial charge in [0.15, 0.2) is 11.7 Å². The number of carbonyl (C=O) groups is 1. The average molecular weight is 330 g/mol. The fourth-order valence-electron chi connectivity index (χ4n) is 3.09. The van der Waals surface area contributed by atoms with Crippen LogP contribution in [0.5, 0.6) is 0 Å². The largest absolute Gasteiger partial charge is 0.441 e. The summed E-state index contributed by atoms with van der Waals surface area (Å²) in [5.41, 5.74) is 0.778. The minimum atomic E-state index is -0.283. The highest BCUT2D eigenvalue weighted by molar-refractivity contribution is 5.77. The first-order valence-corrected chi connectivity index (χ1v) is 8.56. The third-order valence-electron chi connectivity index (χ3n) is 4.55. The van der Waals surface area contributed by atoms with Gasteiger partial charge in [-0.15, -0.1) is 0 Å². The van der Waals surface area contributed by atoms with Crippen molar-refractivity contribution in [1.29, 1.82) is 0 Å². The van der Waals surface area contributed by atoms with Crippen LogP contribution >= 0.6 is 0 Å². The molecule has 1 aliphatic carbocycles. The monoisotopic (exact) mass is 330 g/mol. The van der Waals surface area contributed by atoms with Crippen LogP contribution in [-0.2, 0) is 11.2 Å². The van der Waals surface area contributed by atoms with Crippen molar-refractivity contribution in [1.82, 2.24) is 9.88 Å². The van der Waals surface area contributed by atoms with E-state index in [2.05, 4.69) is 18.8 Å². The molecule has 1 aromatic carbocycles. The van der Waals surface area contributed by atoms with Crippen LogP contribution in [0.3, 0.4) is 0 Å². The summed E-state index contributed by atoms with van der Waals surface area (Å²) < 4.78 is 18.7. The normalized spacial score (nSPS) is 14.7. The van der Waals surface area contributed by atoms with Gasteiger partial charge in [0.1, 0.15) is 5.82 Å². The molecule has 0 unspecified atom stereocenters. The molecular formula is C19H23FN2O2. The first-order chi connectivity index (χ1) is 11.5. The second-order valence-electron chi connectivity index (χ2n) is 6.60. The van der Waals surface area contributed by atoms with Crippen LogP contribution in [0, 0.1) is 5.82 Å². The molecule has 5 heteroatoms. The smallest absolute Gasteiger partial charge is 0.223 e. The van der Waals surface area contributed by atoms with E-state index in [-0.39, 0.29) is 17.8 Å². The van der Waals surface area contributed by atoms with E-state index in [1.807, 2.05) is 4.90 Å². The van der Waals surface area contributed by atoms with E-state index in [0.29, 0.717) is 30.5 Å². The number of benzene rings is 1. The number of hydrogen-bond donors (Lipinski definition) is 0. The molecule has 1 aliphatic rings. The lowest BCUT2D eigenvalue weighted by Crippen LogP contribution is -2.48. The van der Waals surface area contributed by atoms with Gasteiger partial charge in [0, 0.05) is 30.5 Å². The topological polar surface area (TPSA) is 46.3 Å². The van der Waals surface area contributed by atoms with Gasteiger partial charge in [-0.05, 0) is 57.4 Å². The number of aromatic nitrogens is 1. The van der Waals surface area contributed by atoms with Crippen LogP contribution in [0.15, 0.2) is 34.9 Å². The molecule has 0 aliphatic heterocycles. The maximum atomic E-state index is 13.0. The van der Waals surface area contributed by atoms with Gasteiger partial charge in [0.25, 0.3) is 0 Å². The minimum Gasteiger partial charge on any atom is -0.441 e. The molecule has 0 bridgehead atoms. The molecule has 24 heavy (non-hydrogen) atoms. The lowest BCUT2D eigenvalue weighted by Gasteiger charge is -2.40. The Labute approximate surface area is 141 Å². The van der Waals surface area contributed by atoms with E-state index in [4.69, 9.17) is 4.42 Å². The molecule has 0 radical (unpaired) electrons. The fourth-order valence-corrected chi connectivity index (χ4v) is 3.09. The summed E-state index contributed by atoms with van der Waals surface area (Å²) >= 11 is 0. The highest BCUT2D eigenvalue weighted by atomic mass is 19.1. The molecule has 2 aromatic rings. The Morgan fingerprint density at radius 1 is 1.33 bits per heavy atom. The summed E-state index contributed by atoms with van der Waals surface area (Å²) in [4.78, 5) is 18.8. The van der Waals surface area contributed by atoms with E-state index in [0.717, 1.165) is 18.4 Å². The molecule has 1 saturated carbocycles. The zero-order chi connectivity index (χ0) is 17.1. The van der Waals surface area contributed by atoms with Crippen LogP contribution in [0.1, 0.15) is 45.4 Å². The lowest BCUT2D eigenvalue weighted by molar-refractivity contribution is -0.137. The van der Waals surface area contributed by atoms with Gasteiger partial charge in [-0.3, -0.25) is 4.79 Å². The maximum absolute atomic E-state index is 13.0. The Kier molecular flexibility index (Phi) is 4.97. The summed E-state index contributed by atoms with van der Waals surface area (Å²) in [5, 5.41) is 0. The van der Waals surface area contributed by atoms with Crippen LogP contribution in [0.4, 0.5) is 4.39 Å². The van der Waals surface area contributed by atoms with Gasteiger partial charge in [0.05, 0.1) is 6.20 Å². The zero-order valence-corrected chi connectivity index (χ0v) is 14.2. The Morgan fingerprint density at radius 2 is 2.04 bits per heavy atom. The van der Waals surface area contributed by atoms with Crippen molar-refractivity contribution in [2.75, 3.05) is 0 Å². The SMILES string of the molecule is CC(C)N(C(=O)CCc1ncc(-c2ccc(F)cc2)o1)C1CCC1. The number of nitrogens with zero attached hydrogens (tertiary/aromatic N) is 2. The summed E-state index contributed by atoms with van der Waals surface area (Å²) in [6, 6.07) is 6.71. The van der Waals surface area contributed by atoms with Gasteiger partial charge in [-0.25, -0.2) is 9.37 Å². The quantitative estimate of drug-likeness (QED) is 0.797. The van der Waals surface area contributed by atoms with Crippen molar-refractivity contribution in [2.45, 2.75) is 58.0 Å². The van der Waals surface area contributed by atoms with Gasteiger partial charge < -0.3 is 9.32 Å². The van der Waals surface area contributed by atoms with Crippen LogP contribution in [0.25, 0.3) is 11.3 Å². The molecule has 1 fully saturated rings. The number of carbonyl (C=O) groups excluding carboxylic acids is 1. The Hall–Kier alpha value is -2.17. The third-order valence-corrected chi connectivity index (χ3v) is 4.55. The Morgan fingerprint density at radius 3 is 2.62 bits per heavy atom. The molecule has 1 amide bonds. The third kappa shape index (κ3) is 3.66. The van der Waals surface area contributed by atoms with E-state index in [1.54, 1.807) is 18.3 Å². The summed E-state index contributed by atoms with van der Waals surface area (Å²) in [7, 11) is 0. The van der Waals surface area contributed by atoms with Crippen molar-refractivity contribution >= 4 is 5.91 Å². The van der Waals surface area contributed by atoms with Crippen molar-refractivity contribution in [2.24, 2.45) is 0 Å². The summed E-state index contributed by atoms with van der Waals surface area (Å²) in [6.07, 6.45) is 5.93. The number of hydrogen-bond acceptors (Lipinski definition) is 3. The fraction of sp³-hybridized carbons (Fsp3) is 0.474. The number of halogens is 1. The molecular weight excluding hydrogens is 307 g/mol. The van der Waals surface area contributed by atoms with Crippen molar-refractivity contribution < 1.29 is 13.6 Å².